The molecule has 0 heterocycles. The van der Waals surface area contributed by atoms with Crippen molar-refractivity contribution in [1.29, 1.82) is 0 Å². The Morgan fingerprint density at radius 1 is 1.24 bits per heavy atom. The van der Waals surface area contributed by atoms with E-state index in [0.717, 1.165) is 28.6 Å². The molecule has 0 fully saturated rings. The molecule has 0 saturated heterocycles. The number of nitrogens with one attached hydrogen (secondary N) is 1. The van der Waals surface area contributed by atoms with E-state index in [9.17, 15) is 23.1 Å². The molecule has 0 aromatic heterocycles. The molecule has 0 aliphatic rings. The summed E-state index contributed by atoms with van der Waals surface area (Å²) in [5.41, 5.74) is -0.383. The van der Waals surface area contributed by atoms with Gasteiger partial charge < -0.3 is 10.4 Å². The summed E-state index contributed by atoms with van der Waals surface area (Å²) in [5, 5.41) is 12.5. The molecule has 0 bridgehead atoms. The van der Waals surface area contributed by atoms with E-state index in [-0.39, 0.29) is 21.4 Å². The van der Waals surface area contributed by atoms with Crippen LogP contribution in [-0.2, 0) is 6.18 Å². The van der Waals surface area contributed by atoms with Gasteiger partial charge in [0.25, 0.3) is 0 Å². The molecule has 2 rings (SSSR count). The molecule has 10 heteroatoms. The molecule has 0 unspecified atom stereocenters. The Kier molecular flexibility index (Phi) is 5.65. The first-order chi connectivity index (χ1) is 11.5. The number of aromatic hydroxyl groups is 1. The van der Waals surface area contributed by atoms with E-state index in [2.05, 4.69) is 18.1 Å². The summed E-state index contributed by atoms with van der Waals surface area (Å²) in [6, 6.07) is 4.31. The van der Waals surface area contributed by atoms with Crippen LogP contribution in [-0.4, -0.2) is 11.1 Å². The first-order valence-electron chi connectivity index (χ1n) is 6.67. The average Bonchev–Trinajstić information content (AvgIpc) is 2.55. The van der Waals surface area contributed by atoms with Crippen molar-refractivity contribution in [1.82, 2.24) is 0 Å². The summed E-state index contributed by atoms with van der Waals surface area (Å²) < 4.78 is 38.3. The zero-order chi connectivity index (χ0) is 18.9. The number of carbonyl (C=O) groups is 1. The number of hydrogen-bond acceptors (Lipinski definition) is 3. The first-order valence-corrected chi connectivity index (χ1v) is 7.82. The molecule has 4 nitrogen and oxygen atoms in total. The quantitative estimate of drug-likeness (QED) is 0.539. The molecule has 2 N–H and O–H groups in total. The van der Waals surface area contributed by atoms with Gasteiger partial charge in [-0.2, -0.15) is 13.2 Å². The van der Waals surface area contributed by atoms with E-state index < -0.39 is 23.5 Å². The van der Waals surface area contributed by atoms with Crippen molar-refractivity contribution >= 4 is 53.4 Å². The van der Waals surface area contributed by atoms with Gasteiger partial charge in [0.2, 0.25) is 0 Å². The number of alkyl halides is 3. The third kappa shape index (κ3) is 4.26. The number of amides is 2. The Labute approximate surface area is 156 Å². The highest BCUT2D eigenvalue weighted by atomic mass is 35.5. The van der Waals surface area contributed by atoms with E-state index in [0.29, 0.717) is 5.56 Å². The number of thiol groups is 1. The molecular weight excluding hydrogens is 400 g/mol. The maximum Gasteiger partial charge on any atom is 0.416 e. The minimum atomic E-state index is -4.47. The normalized spacial score (nSPS) is 11.3. The van der Waals surface area contributed by atoms with Gasteiger partial charge in [0.1, 0.15) is 5.69 Å². The highest BCUT2D eigenvalue weighted by Crippen LogP contribution is 2.41. The molecule has 0 aliphatic heterocycles. The molecule has 0 radical (unpaired) electrons. The lowest BCUT2D eigenvalue weighted by atomic mass is 10.2. The zero-order valence-electron chi connectivity index (χ0n) is 12.5. The van der Waals surface area contributed by atoms with Gasteiger partial charge >= 0.3 is 12.2 Å². The third-order valence-corrected chi connectivity index (χ3v) is 4.54. The summed E-state index contributed by atoms with van der Waals surface area (Å²) in [4.78, 5) is 12.2. The Hall–Kier alpha value is -1.77. The van der Waals surface area contributed by atoms with Crippen LogP contribution >= 0.6 is 36.0 Å². The van der Waals surface area contributed by atoms with Gasteiger partial charge in [-0.25, -0.2) is 9.10 Å². The number of benzene rings is 2. The zero-order valence-corrected chi connectivity index (χ0v) is 14.9. The molecule has 2 aromatic rings. The van der Waals surface area contributed by atoms with Crippen molar-refractivity contribution in [3.63, 3.8) is 0 Å². The average molecular weight is 411 g/mol. The van der Waals surface area contributed by atoms with Gasteiger partial charge in [-0.1, -0.05) is 36.0 Å². The van der Waals surface area contributed by atoms with E-state index in [1.165, 1.54) is 6.07 Å². The summed E-state index contributed by atoms with van der Waals surface area (Å²) >= 11 is 15.9. The second-order valence-electron chi connectivity index (χ2n) is 4.98. The predicted octanol–water partition coefficient (Wildman–Crippen LogP) is 5.91. The van der Waals surface area contributed by atoms with Crippen LogP contribution in [0.1, 0.15) is 11.1 Å². The minimum absolute atomic E-state index is 0.0381. The number of hydrogen-bond donors (Lipinski definition) is 3. The van der Waals surface area contributed by atoms with E-state index in [4.69, 9.17) is 23.2 Å². The van der Waals surface area contributed by atoms with Gasteiger partial charge in [-0.15, -0.1) is 0 Å². The van der Waals surface area contributed by atoms with Crippen LogP contribution in [0, 0.1) is 6.92 Å². The SMILES string of the molecule is Cc1c(Cl)cc(N(S)C(=O)Nc2ccc(C(F)(F)F)cc2)c(O)c1Cl. The van der Waals surface area contributed by atoms with Crippen molar-refractivity contribution in [2.45, 2.75) is 13.1 Å². The molecule has 2 aromatic carbocycles. The summed E-state index contributed by atoms with van der Waals surface area (Å²) in [6.07, 6.45) is -4.47. The Morgan fingerprint density at radius 3 is 2.32 bits per heavy atom. The highest BCUT2D eigenvalue weighted by Gasteiger charge is 2.30. The fourth-order valence-corrected chi connectivity index (χ4v) is 2.53. The van der Waals surface area contributed by atoms with Gasteiger partial charge in [0.15, 0.2) is 5.75 Å². The number of rotatable bonds is 2. The highest BCUT2D eigenvalue weighted by molar-refractivity contribution is 7.82. The monoisotopic (exact) mass is 410 g/mol. The third-order valence-electron chi connectivity index (χ3n) is 3.29. The smallest absolute Gasteiger partial charge is 0.416 e. The van der Waals surface area contributed by atoms with Gasteiger partial charge in [-0.3, -0.25) is 0 Å². The van der Waals surface area contributed by atoms with Crippen molar-refractivity contribution < 1.29 is 23.1 Å². The summed E-state index contributed by atoms with van der Waals surface area (Å²) in [7, 11) is 0. The minimum Gasteiger partial charge on any atom is -0.504 e. The Morgan fingerprint density at radius 2 is 1.80 bits per heavy atom. The lowest BCUT2D eigenvalue weighted by Crippen LogP contribution is -2.27. The van der Waals surface area contributed by atoms with Gasteiger partial charge in [0, 0.05) is 10.7 Å². The predicted molar refractivity (Wildman–Crippen MR) is 94.8 cm³/mol. The van der Waals surface area contributed by atoms with Crippen LogP contribution in [0.4, 0.5) is 29.3 Å². The Bertz CT molecular complexity index is 814. The molecular formula is C15H11Cl2F3N2O2S. The van der Waals surface area contributed by atoms with Crippen LogP contribution in [0.5, 0.6) is 5.75 Å². The first kappa shape index (κ1) is 19.6. The molecule has 0 aliphatic carbocycles. The molecule has 0 spiro atoms. The Balaban J connectivity index is 2.21. The largest absolute Gasteiger partial charge is 0.504 e. The van der Waals surface area contributed by atoms with Crippen molar-refractivity contribution in [2.24, 2.45) is 0 Å². The number of nitrogens with zero attached hydrogens (tertiary/aromatic N) is 1. The lowest BCUT2D eigenvalue weighted by molar-refractivity contribution is -0.137. The van der Waals surface area contributed by atoms with Crippen LogP contribution in [0.25, 0.3) is 0 Å². The van der Waals surface area contributed by atoms with Gasteiger partial charge in [-0.05, 0) is 42.8 Å². The second-order valence-corrected chi connectivity index (χ2v) is 6.17. The standard InChI is InChI=1S/C15H11Cl2F3N2O2S/c1-7-10(16)6-11(13(23)12(7)17)22(25)14(24)21-9-4-2-8(3-5-9)15(18,19)20/h2-6,23,25H,1H3,(H,21,24). The maximum absolute atomic E-state index is 12.5. The molecule has 25 heavy (non-hydrogen) atoms. The number of phenolic OH excluding ortho intramolecular Hbond substituents is 1. The number of carbonyl (C=O) groups excluding carboxylic acids is 1. The fraction of sp³-hybridized carbons (Fsp3) is 0.133. The van der Waals surface area contributed by atoms with Crippen LogP contribution in [0.15, 0.2) is 30.3 Å². The van der Waals surface area contributed by atoms with E-state index >= 15 is 0 Å². The molecule has 134 valence electrons. The topological polar surface area (TPSA) is 52.6 Å². The van der Waals surface area contributed by atoms with E-state index in [1.807, 2.05) is 0 Å². The van der Waals surface area contributed by atoms with Crippen molar-refractivity contribution in [3.05, 3.63) is 51.5 Å². The molecule has 2 amide bonds. The van der Waals surface area contributed by atoms with Crippen LogP contribution in [0.3, 0.4) is 0 Å². The van der Waals surface area contributed by atoms with Crippen LogP contribution in [0.2, 0.25) is 10.0 Å². The maximum atomic E-state index is 12.5. The van der Waals surface area contributed by atoms with Crippen molar-refractivity contribution in [2.75, 3.05) is 9.62 Å². The molecule has 0 atom stereocenters. The number of anilines is 2. The number of phenols is 1. The van der Waals surface area contributed by atoms with Gasteiger partial charge in [0.05, 0.1) is 10.6 Å². The summed E-state index contributed by atoms with van der Waals surface area (Å²) in [5.74, 6) is -0.402. The lowest BCUT2D eigenvalue weighted by Gasteiger charge is -2.19. The number of urea groups is 1. The van der Waals surface area contributed by atoms with Crippen LogP contribution < -0.4 is 9.62 Å². The summed E-state index contributed by atoms with van der Waals surface area (Å²) in [6.45, 7) is 1.58. The fourth-order valence-electron chi connectivity index (χ4n) is 1.88. The number of halogens is 5. The second kappa shape index (κ2) is 7.23. The van der Waals surface area contributed by atoms with Crippen molar-refractivity contribution in [3.8, 4) is 5.75 Å². The molecule has 0 saturated carbocycles. The van der Waals surface area contributed by atoms with E-state index in [1.54, 1.807) is 6.92 Å².